The smallest absolute Gasteiger partial charge is 0.251 e. The summed E-state index contributed by atoms with van der Waals surface area (Å²) in [6.45, 7) is 4.19. The van der Waals surface area contributed by atoms with Crippen molar-refractivity contribution >= 4 is 6.16 Å². The molecule has 0 bridgehead atoms. The van der Waals surface area contributed by atoms with Gasteiger partial charge in [0.2, 0.25) is 0 Å². The van der Waals surface area contributed by atoms with Crippen molar-refractivity contribution in [3.05, 3.63) is 0 Å². The molecule has 0 aliphatic heterocycles. The number of hydrogen-bond donors (Lipinski definition) is 0. The molecule has 0 aromatic carbocycles. The minimum Gasteiger partial charge on any atom is -0.553 e. The summed E-state index contributed by atoms with van der Waals surface area (Å²) in [5.41, 5.74) is 0. The van der Waals surface area contributed by atoms with E-state index in [0.717, 1.165) is 18.3 Å². The van der Waals surface area contributed by atoms with Crippen molar-refractivity contribution in [3.63, 3.8) is 0 Å². The summed E-state index contributed by atoms with van der Waals surface area (Å²) in [6.07, 6.45) is -0.277. The number of carbonyl (C=O) groups is 1. The predicted molar refractivity (Wildman–Crippen MR) is 51.5 cm³/mol. The van der Waals surface area contributed by atoms with E-state index in [9.17, 15) is 0 Å². The van der Waals surface area contributed by atoms with Gasteiger partial charge in [0.1, 0.15) is 0 Å². The van der Waals surface area contributed by atoms with Crippen molar-refractivity contribution in [2.75, 3.05) is 41.6 Å². The molecule has 0 radical (unpaired) electrons. The number of carbonyl (C=O) groups excluding carboxylic acids is 1. The minimum atomic E-state index is -1.50. The Hall–Kier alpha value is -0.810. The van der Waals surface area contributed by atoms with E-state index in [4.69, 9.17) is 14.6 Å². The molecule has 14 heavy (non-hydrogen) atoms. The third kappa shape index (κ3) is 13.8. The molecule has 0 atom stereocenters. The highest BCUT2D eigenvalue weighted by molar-refractivity contribution is 5.53. The molecular weight excluding hydrogens is 186 g/mol. The van der Waals surface area contributed by atoms with Crippen molar-refractivity contribution in [2.45, 2.75) is 13.3 Å². The normalized spacial score (nSPS) is 10.1. The van der Waals surface area contributed by atoms with E-state index in [1.165, 1.54) is 13.0 Å². The highest BCUT2D eigenvalue weighted by atomic mass is 16.6. The summed E-state index contributed by atoms with van der Waals surface area (Å²) in [7, 11) is 7.13. The van der Waals surface area contributed by atoms with Gasteiger partial charge in [0, 0.05) is 14.2 Å². The molecule has 0 unspecified atom stereocenters. The molecule has 0 amide bonds. The van der Waals surface area contributed by atoms with Gasteiger partial charge in [-0.05, 0) is 6.42 Å². The Kier molecular flexibility index (Phi) is 9.81. The molecule has 0 saturated heterocycles. The van der Waals surface area contributed by atoms with Gasteiger partial charge in [0.25, 0.3) is 6.16 Å². The summed E-state index contributed by atoms with van der Waals surface area (Å²) in [6, 6.07) is 0. The van der Waals surface area contributed by atoms with Crippen LogP contribution in [0.5, 0.6) is 0 Å². The van der Waals surface area contributed by atoms with Gasteiger partial charge in [0.05, 0.1) is 20.6 Å². The first-order valence-corrected chi connectivity index (χ1v) is 4.45. The zero-order valence-corrected chi connectivity index (χ0v) is 9.70. The second kappa shape index (κ2) is 8.77. The van der Waals surface area contributed by atoms with Gasteiger partial charge < -0.3 is 23.9 Å². The maximum Gasteiger partial charge on any atom is 0.251 e. The van der Waals surface area contributed by atoms with Crippen LogP contribution in [0.2, 0.25) is 0 Å². The lowest BCUT2D eigenvalue weighted by Gasteiger charge is -2.27. The number of rotatable bonds is 4. The lowest BCUT2D eigenvalue weighted by molar-refractivity contribution is -0.909. The number of carboxylic acid groups (broad SMARTS) is 1. The van der Waals surface area contributed by atoms with E-state index in [1.807, 2.05) is 0 Å². The maximum absolute atomic E-state index is 9.03. The highest BCUT2D eigenvalue weighted by Gasteiger charge is 2.10. The zero-order valence-electron chi connectivity index (χ0n) is 9.70. The van der Waals surface area contributed by atoms with Gasteiger partial charge >= 0.3 is 0 Å². The van der Waals surface area contributed by atoms with Gasteiger partial charge in [0.15, 0.2) is 6.73 Å². The van der Waals surface area contributed by atoms with Crippen molar-refractivity contribution < 1.29 is 23.9 Å². The first kappa shape index (κ1) is 15.7. The fourth-order valence-corrected chi connectivity index (χ4v) is 1.02. The Morgan fingerprint density at radius 2 is 1.79 bits per heavy atom. The average Bonchev–Trinajstić information content (AvgIpc) is 2.05. The standard InChI is InChI=1S/C7H18NO.C2H4O3/c1-5-6-8(2,3)7-9-4;1-5-2(3)4/h5-7H2,1-4H3;1H3,(H,3,4)/q+1;/p-1. The van der Waals surface area contributed by atoms with Gasteiger partial charge in [-0.15, -0.1) is 0 Å². The highest BCUT2D eigenvalue weighted by Crippen LogP contribution is 1.97. The molecule has 5 nitrogen and oxygen atoms in total. The Bertz CT molecular complexity index is 140. The van der Waals surface area contributed by atoms with Crippen molar-refractivity contribution in [2.24, 2.45) is 0 Å². The average molecular weight is 207 g/mol. The van der Waals surface area contributed by atoms with E-state index in [2.05, 4.69) is 25.8 Å². The topological polar surface area (TPSA) is 58.6 Å². The van der Waals surface area contributed by atoms with Crippen LogP contribution in [0.4, 0.5) is 4.79 Å². The van der Waals surface area contributed by atoms with Crippen molar-refractivity contribution in [1.29, 1.82) is 0 Å². The largest absolute Gasteiger partial charge is 0.553 e. The number of methoxy groups -OCH3 is 2. The monoisotopic (exact) mass is 207 g/mol. The summed E-state index contributed by atoms with van der Waals surface area (Å²) >= 11 is 0. The molecule has 86 valence electrons. The van der Waals surface area contributed by atoms with E-state index >= 15 is 0 Å². The molecule has 0 N–H and O–H groups in total. The molecule has 0 spiro atoms. The summed E-state index contributed by atoms with van der Waals surface area (Å²) in [4.78, 5) is 9.03. The first-order valence-electron chi connectivity index (χ1n) is 4.45. The van der Waals surface area contributed by atoms with Crippen LogP contribution in [-0.2, 0) is 9.47 Å². The molecule has 0 fully saturated rings. The Morgan fingerprint density at radius 1 is 1.36 bits per heavy atom. The van der Waals surface area contributed by atoms with Crippen LogP contribution in [0.25, 0.3) is 0 Å². The third-order valence-electron chi connectivity index (χ3n) is 1.47. The lowest BCUT2D eigenvalue weighted by Crippen LogP contribution is -2.41. The second-order valence-electron chi connectivity index (χ2n) is 3.53. The number of hydrogen-bond acceptors (Lipinski definition) is 4. The Balaban J connectivity index is 0. The third-order valence-corrected chi connectivity index (χ3v) is 1.47. The van der Waals surface area contributed by atoms with Crippen LogP contribution in [-0.4, -0.2) is 52.2 Å². The van der Waals surface area contributed by atoms with Crippen LogP contribution in [0.1, 0.15) is 13.3 Å². The van der Waals surface area contributed by atoms with Crippen LogP contribution in [0.15, 0.2) is 0 Å². The summed E-state index contributed by atoms with van der Waals surface area (Å²) in [5, 5.41) is 9.03. The molecule has 5 heteroatoms. The number of quaternary nitrogens is 1. The Morgan fingerprint density at radius 3 is 2.00 bits per heavy atom. The van der Waals surface area contributed by atoms with Crippen LogP contribution >= 0.6 is 0 Å². The van der Waals surface area contributed by atoms with Crippen molar-refractivity contribution in [1.82, 2.24) is 0 Å². The lowest BCUT2D eigenvalue weighted by atomic mass is 10.4. The maximum atomic E-state index is 9.03. The SMILES string of the molecule is CCC[N+](C)(C)COC.COC(=O)[O-]. The zero-order chi connectivity index (χ0) is 11.6. The van der Waals surface area contributed by atoms with E-state index in [0.29, 0.717) is 0 Å². The van der Waals surface area contributed by atoms with Crippen LogP contribution in [0, 0.1) is 0 Å². The fourth-order valence-electron chi connectivity index (χ4n) is 1.02. The molecule has 0 aliphatic carbocycles. The molecule has 0 rings (SSSR count). The molecular formula is C9H21NO4. The van der Waals surface area contributed by atoms with E-state index in [1.54, 1.807) is 7.11 Å². The van der Waals surface area contributed by atoms with E-state index < -0.39 is 6.16 Å². The molecule has 0 aromatic heterocycles. The van der Waals surface area contributed by atoms with Crippen molar-refractivity contribution in [3.8, 4) is 0 Å². The number of ether oxygens (including phenoxy) is 2. The fraction of sp³-hybridized carbons (Fsp3) is 0.889. The quantitative estimate of drug-likeness (QED) is 0.371. The Labute approximate surface area is 85.8 Å². The van der Waals surface area contributed by atoms with Crippen LogP contribution in [0.3, 0.4) is 0 Å². The second-order valence-corrected chi connectivity index (χ2v) is 3.53. The molecule has 0 heterocycles. The van der Waals surface area contributed by atoms with Gasteiger partial charge in [-0.1, -0.05) is 6.92 Å². The van der Waals surface area contributed by atoms with Gasteiger partial charge in [-0.25, -0.2) is 0 Å². The molecule has 0 aliphatic rings. The van der Waals surface area contributed by atoms with Gasteiger partial charge in [-0.3, -0.25) is 0 Å². The number of nitrogens with zero attached hydrogens (tertiary/aromatic N) is 1. The first-order chi connectivity index (χ1) is 6.39. The predicted octanol–water partition coefficient (Wildman–Crippen LogP) is 0.0528. The molecule has 0 saturated carbocycles. The summed E-state index contributed by atoms with van der Waals surface area (Å²) < 4.78 is 9.55. The van der Waals surface area contributed by atoms with Gasteiger partial charge in [-0.2, -0.15) is 0 Å². The minimum absolute atomic E-state index is 0.813. The van der Waals surface area contributed by atoms with Crippen LogP contribution < -0.4 is 5.11 Å². The van der Waals surface area contributed by atoms with E-state index in [-0.39, 0.29) is 0 Å². The summed E-state index contributed by atoms with van der Waals surface area (Å²) in [5.74, 6) is 0. The molecule has 0 aromatic rings.